The van der Waals surface area contributed by atoms with Gasteiger partial charge in [0.05, 0.1) is 5.56 Å². The number of phenolic OH excluding ortho intramolecular Hbond substituents is 1. The van der Waals surface area contributed by atoms with Crippen molar-refractivity contribution in [2.24, 2.45) is 0 Å². The fraction of sp³-hybridized carbons (Fsp3) is 0.182. The molecule has 0 atom stereocenters. The van der Waals surface area contributed by atoms with Crippen molar-refractivity contribution in [3.05, 3.63) is 36.4 Å². The zero-order valence-electron chi connectivity index (χ0n) is 7.99. The lowest BCUT2D eigenvalue weighted by molar-refractivity contribution is 0.101. The minimum Gasteiger partial charge on any atom is -0.508 e. The highest BCUT2D eigenvalue weighted by Gasteiger charge is 2.08. The highest BCUT2D eigenvalue weighted by Crippen LogP contribution is 2.23. The van der Waals surface area contributed by atoms with Crippen molar-refractivity contribution in [1.29, 1.82) is 0 Å². The number of hydrogen-bond acceptors (Lipinski definition) is 3. The third-order valence-electron chi connectivity index (χ3n) is 1.70. The van der Waals surface area contributed by atoms with Gasteiger partial charge in [-0.15, -0.1) is 0 Å². The molecule has 0 spiro atoms. The van der Waals surface area contributed by atoms with E-state index in [1.165, 1.54) is 19.1 Å². The number of rotatable bonds is 4. The van der Waals surface area contributed by atoms with Crippen LogP contribution in [-0.4, -0.2) is 17.5 Å². The number of carbonyl (C=O) groups is 1. The van der Waals surface area contributed by atoms with Crippen molar-refractivity contribution in [3.63, 3.8) is 0 Å². The summed E-state index contributed by atoms with van der Waals surface area (Å²) in [5.41, 5.74) is 0.381. The Morgan fingerprint density at radius 3 is 2.93 bits per heavy atom. The van der Waals surface area contributed by atoms with E-state index in [0.29, 0.717) is 17.9 Å². The molecule has 1 aromatic rings. The molecule has 0 unspecified atom stereocenters. The van der Waals surface area contributed by atoms with Gasteiger partial charge in [0.15, 0.2) is 5.78 Å². The first kappa shape index (κ1) is 10.3. The van der Waals surface area contributed by atoms with Gasteiger partial charge in [-0.1, -0.05) is 12.7 Å². The average Bonchev–Trinajstić information content (AvgIpc) is 2.15. The van der Waals surface area contributed by atoms with Crippen LogP contribution in [0.3, 0.4) is 0 Å². The van der Waals surface area contributed by atoms with Crippen LogP contribution in [0.2, 0.25) is 0 Å². The minimum absolute atomic E-state index is 0.0566. The van der Waals surface area contributed by atoms with Crippen molar-refractivity contribution in [2.45, 2.75) is 6.92 Å². The molecule has 0 aromatic heterocycles. The Balaban J connectivity index is 3.01. The lowest BCUT2D eigenvalue weighted by Crippen LogP contribution is -2.00. The van der Waals surface area contributed by atoms with E-state index in [9.17, 15) is 9.90 Å². The zero-order valence-corrected chi connectivity index (χ0v) is 7.99. The average molecular weight is 192 g/mol. The van der Waals surface area contributed by atoms with Crippen LogP contribution in [-0.2, 0) is 0 Å². The second-order valence-electron chi connectivity index (χ2n) is 2.84. The van der Waals surface area contributed by atoms with Crippen LogP contribution in [0, 0.1) is 0 Å². The molecule has 1 N–H and O–H groups in total. The molecular formula is C11H12O3. The first-order chi connectivity index (χ1) is 6.65. The summed E-state index contributed by atoms with van der Waals surface area (Å²) >= 11 is 0. The van der Waals surface area contributed by atoms with Gasteiger partial charge in [0.1, 0.15) is 18.1 Å². The Kier molecular flexibility index (Phi) is 3.29. The van der Waals surface area contributed by atoms with Gasteiger partial charge >= 0.3 is 0 Å². The van der Waals surface area contributed by atoms with E-state index in [-0.39, 0.29) is 11.5 Å². The van der Waals surface area contributed by atoms with E-state index < -0.39 is 0 Å². The first-order valence-electron chi connectivity index (χ1n) is 4.23. The molecular weight excluding hydrogens is 180 g/mol. The molecule has 3 nitrogen and oxygen atoms in total. The SMILES string of the molecule is C=CCOc1ccc(O)cc1C(C)=O. The van der Waals surface area contributed by atoms with Crippen molar-refractivity contribution in [1.82, 2.24) is 0 Å². The number of phenols is 1. The fourth-order valence-corrected chi connectivity index (χ4v) is 1.07. The van der Waals surface area contributed by atoms with Crippen LogP contribution in [0.5, 0.6) is 11.5 Å². The molecule has 0 aliphatic heterocycles. The largest absolute Gasteiger partial charge is 0.508 e. The molecule has 1 aromatic carbocycles. The number of hydrogen-bond donors (Lipinski definition) is 1. The molecule has 0 heterocycles. The van der Waals surface area contributed by atoms with Crippen LogP contribution >= 0.6 is 0 Å². The summed E-state index contributed by atoms with van der Waals surface area (Å²) in [5.74, 6) is 0.385. The molecule has 0 amide bonds. The van der Waals surface area contributed by atoms with E-state index in [2.05, 4.69) is 6.58 Å². The van der Waals surface area contributed by atoms with E-state index >= 15 is 0 Å². The molecule has 14 heavy (non-hydrogen) atoms. The van der Waals surface area contributed by atoms with Gasteiger partial charge in [-0.2, -0.15) is 0 Å². The standard InChI is InChI=1S/C11H12O3/c1-3-6-14-11-5-4-9(13)7-10(11)8(2)12/h3-5,7,13H,1,6H2,2H3. The number of ketones is 1. The maximum absolute atomic E-state index is 11.2. The topological polar surface area (TPSA) is 46.5 Å². The fourth-order valence-electron chi connectivity index (χ4n) is 1.07. The summed E-state index contributed by atoms with van der Waals surface area (Å²) in [6, 6.07) is 4.43. The van der Waals surface area contributed by atoms with Crippen LogP contribution in [0.25, 0.3) is 0 Å². The van der Waals surface area contributed by atoms with E-state index in [1.807, 2.05) is 0 Å². The lowest BCUT2D eigenvalue weighted by Gasteiger charge is -2.07. The highest BCUT2D eigenvalue weighted by atomic mass is 16.5. The van der Waals surface area contributed by atoms with Crippen molar-refractivity contribution >= 4 is 5.78 Å². The third kappa shape index (κ3) is 2.36. The lowest BCUT2D eigenvalue weighted by atomic mass is 10.1. The Morgan fingerprint density at radius 2 is 2.36 bits per heavy atom. The summed E-state index contributed by atoms with van der Waals surface area (Å²) < 4.78 is 5.25. The molecule has 74 valence electrons. The summed E-state index contributed by atoms with van der Waals surface area (Å²) in [7, 11) is 0. The highest BCUT2D eigenvalue weighted by molar-refractivity contribution is 5.97. The van der Waals surface area contributed by atoms with Gasteiger partial charge in [0.2, 0.25) is 0 Å². The van der Waals surface area contributed by atoms with Gasteiger partial charge in [-0.3, -0.25) is 4.79 Å². The summed E-state index contributed by atoms with van der Waals surface area (Å²) in [4.78, 5) is 11.2. The molecule has 0 saturated carbocycles. The van der Waals surface area contributed by atoms with Gasteiger partial charge in [-0.25, -0.2) is 0 Å². The van der Waals surface area contributed by atoms with Gasteiger partial charge in [0.25, 0.3) is 0 Å². The smallest absolute Gasteiger partial charge is 0.163 e. The molecule has 0 aliphatic rings. The summed E-state index contributed by atoms with van der Waals surface area (Å²) in [6.45, 7) is 5.27. The molecule has 0 fully saturated rings. The Labute approximate surface area is 82.6 Å². The number of aromatic hydroxyl groups is 1. The van der Waals surface area contributed by atoms with Crippen LogP contribution in [0.1, 0.15) is 17.3 Å². The van der Waals surface area contributed by atoms with Crippen LogP contribution < -0.4 is 4.74 Å². The predicted octanol–water partition coefficient (Wildman–Crippen LogP) is 2.16. The van der Waals surface area contributed by atoms with Crippen LogP contribution in [0.15, 0.2) is 30.9 Å². The Bertz CT molecular complexity index is 356. The predicted molar refractivity (Wildman–Crippen MR) is 53.8 cm³/mol. The van der Waals surface area contributed by atoms with E-state index in [4.69, 9.17) is 4.74 Å². The minimum atomic E-state index is -0.139. The summed E-state index contributed by atoms with van der Waals surface area (Å²) in [6.07, 6.45) is 1.59. The second-order valence-corrected chi connectivity index (χ2v) is 2.84. The van der Waals surface area contributed by atoms with Gasteiger partial charge in [-0.05, 0) is 25.1 Å². The van der Waals surface area contributed by atoms with Crippen LogP contribution in [0.4, 0.5) is 0 Å². The monoisotopic (exact) mass is 192 g/mol. The molecule has 0 aliphatic carbocycles. The normalized spacial score (nSPS) is 9.50. The Morgan fingerprint density at radius 1 is 1.64 bits per heavy atom. The van der Waals surface area contributed by atoms with Crippen molar-refractivity contribution in [3.8, 4) is 11.5 Å². The Hall–Kier alpha value is -1.77. The first-order valence-corrected chi connectivity index (χ1v) is 4.23. The molecule has 0 radical (unpaired) electrons. The molecule has 0 bridgehead atoms. The molecule has 1 rings (SSSR count). The van der Waals surface area contributed by atoms with Gasteiger partial charge in [0, 0.05) is 0 Å². The number of Topliss-reactive ketones (excluding diaryl/α,β-unsaturated/α-hetero) is 1. The van der Waals surface area contributed by atoms with Crippen molar-refractivity contribution < 1.29 is 14.6 Å². The molecule has 0 saturated heterocycles. The molecule has 3 heteroatoms. The third-order valence-corrected chi connectivity index (χ3v) is 1.70. The number of benzene rings is 1. The van der Waals surface area contributed by atoms with Crippen molar-refractivity contribution in [2.75, 3.05) is 6.61 Å². The number of carbonyl (C=O) groups excluding carboxylic acids is 1. The van der Waals surface area contributed by atoms with E-state index in [1.54, 1.807) is 12.1 Å². The maximum Gasteiger partial charge on any atom is 0.163 e. The van der Waals surface area contributed by atoms with Gasteiger partial charge < -0.3 is 9.84 Å². The second kappa shape index (κ2) is 4.46. The zero-order chi connectivity index (χ0) is 10.6. The summed E-state index contributed by atoms with van der Waals surface area (Å²) in [5, 5.41) is 9.18. The maximum atomic E-state index is 11.2. The quantitative estimate of drug-likeness (QED) is 0.587. The number of ether oxygens (including phenoxy) is 1. The van der Waals surface area contributed by atoms with E-state index in [0.717, 1.165) is 0 Å².